The maximum atomic E-state index is 13.9. The second-order valence-corrected chi connectivity index (χ2v) is 12.2. The molecular formula is C30H42FN5O3. The normalized spacial score (nSPS) is 27.5. The molecule has 4 heterocycles. The van der Waals surface area contributed by atoms with Crippen molar-refractivity contribution in [2.75, 3.05) is 57.4 Å². The maximum Gasteiger partial charge on any atom is 0.241 e. The summed E-state index contributed by atoms with van der Waals surface area (Å²) in [6, 6.07) is 9.23. The predicted molar refractivity (Wildman–Crippen MR) is 150 cm³/mol. The number of nitrogens with zero attached hydrogens (tertiary/aromatic N) is 4. The minimum Gasteiger partial charge on any atom is -0.395 e. The summed E-state index contributed by atoms with van der Waals surface area (Å²) in [5.41, 5.74) is 3.58. The molecule has 3 aliphatic heterocycles. The number of rotatable bonds is 7. The monoisotopic (exact) mass is 539 g/mol. The fraction of sp³-hybridized carbons (Fsp3) is 0.600. The van der Waals surface area contributed by atoms with E-state index in [4.69, 9.17) is 9.72 Å². The van der Waals surface area contributed by atoms with Crippen LogP contribution in [0.25, 0.3) is 0 Å². The molecule has 2 saturated heterocycles. The Kier molecular flexibility index (Phi) is 8.35. The quantitative estimate of drug-likeness (QED) is 0.558. The van der Waals surface area contributed by atoms with Crippen molar-refractivity contribution in [3.05, 3.63) is 59.2 Å². The lowest BCUT2D eigenvalue weighted by atomic mass is 9.91. The number of pyridine rings is 1. The Bertz CT molecular complexity index is 1160. The molecule has 4 atom stereocenters. The summed E-state index contributed by atoms with van der Waals surface area (Å²) in [5.74, 6) is -0.171. The highest BCUT2D eigenvalue weighted by Gasteiger charge is 2.41. The van der Waals surface area contributed by atoms with E-state index in [0.29, 0.717) is 32.7 Å². The summed E-state index contributed by atoms with van der Waals surface area (Å²) < 4.78 is 19.1. The second kappa shape index (κ2) is 11.6. The molecule has 0 spiro atoms. The number of amides is 1. The molecule has 39 heavy (non-hydrogen) atoms. The Hall–Kier alpha value is -2.43. The van der Waals surface area contributed by atoms with Crippen molar-refractivity contribution < 1.29 is 19.0 Å². The maximum absolute atomic E-state index is 13.9. The molecule has 1 amide bonds. The van der Waals surface area contributed by atoms with Crippen LogP contribution in [-0.2, 0) is 21.4 Å². The number of aliphatic hydroxyl groups excluding tert-OH is 1. The van der Waals surface area contributed by atoms with E-state index in [2.05, 4.69) is 48.9 Å². The molecule has 0 unspecified atom stereocenters. The lowest BCUT2D eigenvalue weighted by Gasteiger charge is -2.46. The van der Waals surface area contributed by atoms with Gasteiger partial charge in [0.25, 0.3) is 0 Å². The van der Waals surface area contributed by atoms with Gasteiger partial charge < -0.3 is 20.1 Å². The van der Waals surface area contributed by atoms with Crippen molar-refractivity contribution >= 4 is 11.6 Å². The van der Waals surface area contributed by atoms with Crippen LogP contribution in [0.3, 0.4) is 0 Å². The molecule has 0 radical (unpaired) electrons. The van der Waals surface area contributed by atoms with Crippen LogP contribution in [0.1, 0.15) is 44.5 Å². The van der Waals surface area contributed by atoms with Gasteiger partial charge in [0.05, 0.1) is 43.8 Å². The third-order valence-electron chi connectivity index (χ3n) is 8.43. The molecule has 1 aromatic heterocycles. The van der Waals surface area contributed by atoms with Gasteiger partial charge in [0, 0.05) is 55.9 Å². The van der Waals surface area contributed by atoms with Crippen molar-refractivity contribution in [2.24, 2.45) is 0 Å². The van der Waals surface area contributed by atoms with E-state index >= 15 is 0 Å². The van der Waals surface area contributed by atoms with Gasteiger partial charge in [-0.2, -0.15) is 0 Å². The number of anilines is 1. The summed E-state index contributed by atoms with van der Waals surface area (Å²) >= 11 is 0. The lowest BCUT2D eigenvalue weighted by molar-refractivity contribution is -0.121. The first-order valence-corrected chi connectivity index (χ1v) is 14.1. The number of halogens is 1. The summed E-state index contributed by atoms with van der Waals surface area (Å²) in [5, 5.41) is 13.5. The predicted octanol–water partition coefficient (Wildman–Crippen LogP) is 2.18. The van der Waals surface area contributed by atoms with Gasteiger partial charge in [0.15, 0.2) is 0 Å². The van der Waals surface area contributed by atoms with Crippen LogP contribution >= 0.6 is 0 Å². The SMILES string of the molecule is C[C@@H]1CN(CC(=O)N2CC(C)(C)c3ncc(Cc4ccc(F)cc4)cc32)[C@@H](CN2[C@H](CO)COC[C@H]2C)CN1. The zero-order valence-corrected chi connectivity index (χ0v) is 23.6. The summed E-state index contributed by atoms with van der Waals surface area (Å²) in [4.78, 5) is 25.3. The standard InChI is InChI=1S/C30H42FN5O3/c1-20-13-34(25(12-32-20)14-35-21(2)17-39-18-26(35)16-37)15-28(38)36-19-30(3,4)29-27(36)10-23(11-33-29)9-22-5-7-24(31)8-6-22/h5-8,10-11,20-21,25-26,32,37H,9,12-19H2,1-4H3/t20-,21-,25-,26-/m1/s1. The van der Waals surface area contributed by atoms with Crippen molar-refractivity contribution in [1.82, 2.24) is 20.1 Å². The van der Waals surface area contributed by atoms with Crippen LogP contribution in [0.15, 0.2) is 36.5 Å². The zero-order valence-electron chi connectivity index (χ0n) is 23.6. The van der Waals surface area contributed by atoms with Crippen LogP contribution in [0, 0.1) is 5.82 Å². The number of nitrogens with one attached hydrogen (secondary N) is 1. The zero-order chi connectivity index (χ0) is 27.7. The van der Waals surface area contributed by atoms with Gasteiger partial charge in [0.1, 0.15) is 5.82 Å². The van der Waals surface area contributed by atoms with E-state index in [-0.39, 0.29) is 47.9 Å². The molecule has 3 aliphatic rings. The largest absolute Gasteiger partial charge is 0.395 e. The van der Waals surface area contributed by atoms with E-state index < -0.39 is 0 Å². The molecule has 2 fully saturated rings. The molecule has 212 valence electrons. The summed E-state index contributed by atoms with van der Waals surface area (Å²) in [6.07, 6.45) is 2.51. The first-order valence-electron chi connectivity index (χ1n) is 14.1. The molecule has 5 rings (SSSR count). The highest BCUT2D eigenvalue weighted by molar-refractivity contribution is 5.97. The number of fused-ring (bicyclic) bond motifs is 1. The molecule has 2 N–H and O–H groups in total. The molecular weight excluding hydrogens is 497 g/mol. The molecule has 2 aromatic rings. The number of morpholine rings is 1. The average Bonchev–Trinajstić information content (AvgIpc) is 3.18. The van der Waals surface area contributed by atoms with Gasteiger partial charge in [0.2, 0.25) is 5.91 Å². The summed E-state index contributed by atoms with van der Waals surface area (Å²) in [6.45, 7) is 13.1. The topological polar surface area (TPSA) is 81.2 Å². The van der Waals surface area contributed by atoms with E-state index in [1.165, 1.54) is 12.1 Å². The van der Waals surface area contributed by atoms with Gasteiger partial charge in [-0.3, -0.25) is 19.6 Å². The number of carbonyl (C=O) groups is 1. The van der Waals surface area contributed by atoms with Crippen LogP contribution in [0.2, 0.25) is 0 Å². The van der Waals surface area contributed by atoms with Gasteiger partial charge in [-0.25, -0.2) is 4.39 Å². The number of hydrogen-bond acceptors (Lipinski definition) is 7. The Balaban J connectivity index is 1.33. The average molecular weight is 540 g/mol. The molecule has 1 aromatic carbocycles. The van der Waals surface area contributed by atoms with E-state index in [0.717, 1.165) is 42.1 Å². The Morgan fingerprint density at radius 3 is 2.69 bits per heavy atom. The van der Waals surface area contributed by atoms with Gasteiger partial charge in [-0.05, 0) is 49.6 Å². The molecule has 0 aliphatic carbocycles. The number of hydrogen-bond donors (Lipinski definition) is 2. The second-order valence-electron chi connectivity index (χ2n) is 12.2. The molecule has 0 bridgehead atoms. The Labute approximate surface area is 231 Å². The summed E-state index contributed by atoms with van der Waals surface area (Å²) in [7, 11) is 0. The highest BCUT2D eigenvalue weighted by Crippen LogP contribution is 2.39. The van der Waals surface area contributed by atoms with Gasteiger partial charge in [-0.1, -0.05) is 26.0 Å². The van der Waals surface area contributed by atoms with Crippen LogP contribution in [-0.4, -0.2) is 103 Å². The number of carbonyl (C=O) groups excluding carboxylic acids is 1. The molecule has 0 saturated carbocycles. The first-order chi connectivity index (χ1) is 18.6. The smallest absolute Gasteiger partial charge is 0.241 e. The fourth-order valence-corrected chi connectivity index (χ4v) is 6.25. The Morgan fingerprint density at radius 2 is 1.95 bits per heavy atom. The van der Waals surface area contributed by atoms with Crippen LogP contribution < -0.4 is 10.2 Å². The van der Waals surface area contributed by atoms with Crippen molar-refractivity contribution in [3.63, 3.8) is 0 Å². The van der Waals surface area contributed by atoms with E-state index in [1.807, 2.05) is 11.1 Å². The highest BCUT2D eigenvalue weighted by atomic mass is 19.1. The lowest BCUT2D eigenvalue weighted by Crippen LogP contribution is -2.64. The number of benzene rings is 1. The van der Waals surface area contributed by atoms with Crippen LogP contribution in [0.5, 0.6) is 0 Å². The Morgan fingerprint density at radius 1 is 1.18 bits per heavy atom. The van der Waals surface area contributed by atoms with Crippen molar-refractivity contribution in [2.45, 2.75) is 63.7 Å². The number of aliphatic hydroxyl groups is 1. The minimum absolute atomic E-state index is 0.0255. The number of piperazine rings is 1. The molecule has 8 nitrogen and oxygen atoms in total. The van der Waals surface area contributed by atoms with E-state index in [9.17, 15) is 14.3 Å². The fourth-order valence-electron chi connectivity index (χ4n) is 6.25. The third kappa shape index (κ3) is 6.18. The van der Waals surface area contributed by atoms with Gasteiger partial charge in [-0.15, -0.1) is 0 Å². The molecule has 9 heteroatoms. The van der Waals surface area contributed by atoms with E-state index in [1.54, 1.807) is 12.1 Å². The number of aromatic nitrogens is 1. The number of ether oxygens (including phenoxy) is 1. The van der Waals surface area contributed by atoms with Crippen molar-refractivity contribution in [3.8, 4) is 0 Å². The van der Waals surface area contributed by atoms with Gasteiger partial charge >= 0.3 is 0 Å². The third-order valence-corrected chi connectivity index (χ3v) is 8.43. The van der Waals surface area contributed by atoms with Crippen molar-refractivity contribution in [1.29, 1.82) is 0 Å². The van der Waals surface area contributed by atoms with Crippen LogP contribution in [0.4, 0.5) is 10.1 Å². The first kappa shape index (κ1) is 28.1. The minimum atomic E-state index is -0.250.